The van der Waals surface area contributed by atoms with Gasteiger partial charge in [0.15, 0.2) is 0 Å². The molecule has 4 heteroatoms. The molecule has 0 fully saturated rings. The van der Waals surface area contributed by atoms with Gasteiger partial charge in [0.2, 0.25) is 0 Å². The first kappa shape index (κ1) is 16.5. The Hall–Kier alpha value is -1.91. The van der Waals surface area contributed by atoms with Gasteiger partial charge in [-0.05, 0) is 25.0 Å². The van der Waals surface area contributed by atoms with Crippen molar-refractivity contribution in [3.8, 4) is 5.75 Å². The molecular weight excluding hydrogens is 276 g/mol. The number of aromatic nitrogens is 1. The van der Waals surface area contributed by atoms with E-state index in [0.717, 1.165) is 16.9 Å². The molecule has 1 heterocycles. The molecule has 1 aromatic heterocycles. The van der Waals surface area contributed by atoms with Gasteiger partial charge < -0.3 is 15.2 Å². The van der Waals surface area contributed by atoms with E-state index in [4.69, 9.17) is 4.74 Å². The Bertz CT molecular complexity index is 560. The molecule has 2 aromatic rings. The van der Waals surface area contributed by atoms with Gasteiger partial charge in [0.1, 0.15) is 12.4 Å². The van der Waals surface area contributed by atoms with Crippen molar-refractivity contribution in [2.45, 2.75) is 33.0 Å². The number of nitrogens with zero attached hydrogens (tertiary/aromatic N) is 1. The summed E-state index contributed by atoms with van der Waals surface area (Å²) in [5, 5.41) is 12.6. The third-order valence-corrected chi connectivity index (χ3v) is 3.85. The van der Waals surface area contributed by atoms with Crippen LogP contribution in [0.1, 0.15) is 25.0 Å². The Morgan fingerprint density at radius 3 is 2.73 bits per heavy atom. The molecule has 0 aliphatic carbocycles. The van der Waals surface area contributed by atoms with Crippen LogP contribution in [0.4, 0.5) is 0 Å². The molecular formula is C18H24N2O2. The predicted octanol–water partition coefficient (Wildman–Crippen LogP) is 2.77. The van der Waals surface area contributed by atoms with Crippen molar-refractivity contribution in [3.63, 3.8) is 0 Å². The largest absolute Gasteiger partial charge is 0.489 e. The number of nitrogens with one attached hydrogen (secondary N) is 1. The average molecular weight is 300 g/mol. The van der Waals surface area contributed by atoms with Gasteiger partial charge in [-0.3, -0.25) is 4.98 Å². The molecule has 0 bridgehead atoms. The second-order valence-corrected chi connectivity index (χ2v) is 5.59. The van der Waals surface area contributed by atoms with Crippen molar-refractivity contribution in [2.24, 2.45) is 5.92 Å². The van der Waals surface area contributed by atoms with Crippen molar-refractivity contribution < 1.29 is 9.84 Å². The highest BCUT2D eigenvalue weighted by Crippen LogP contribution is 2.19. The van der Waals surface area contributed by atoms with E-state index in [9.17, 15) is 5.11 Å². The fraction of sp³-hybridized carbons (Fsp3) is 0.389. The number of ether oxygens (including phenoxy) is 1. The topological polar surface area (TPSA) is 54.4 Å². The van der Waals surface area contributed by atoms with Gasteiger partial charge in [0, 0.05) is 42.7 Å². The zero-order valence-corrected chi connectivity index (χ0v) is 13.2. The Morgan fingerprint density at radius 2 is 2.00 bits per heavy atom. The van der Waals surface area contributed by atoms with E-state index in [-0.39, 0.29) is 18.6 Å². The molecule has 22 heavy (non-hydrogen) atoms. The number of benzene rings is 1. The molecule has 2 N–H and O–H groups in total. The second-order valence-electron chi connectivity index (χ2n) is 5.59. The highest BCUT2D eigenvalue weighted by Gasteiger charge is 2.11. The summed E-state index contributed by atoms with van der Waals surface area (Å²) in [5.74, 6) is 1.10. The van der Waals surface area contributed by atoms with Crippen LogP contribution in [-0.4, -0.2) is 22.7 Å². The van der Waals surface area contributed by atoms with Crippen LogP contribution in [0.2, 0.25) is 0 Å². The number of para-hydroxylation sites is 1. The molecule has 0 aliphatic heterocycles. The highest BCUT2D eigenvalue weighted by molar-refractivity contribution is 5.33. The fourth-order valence-corrected chi connectivity index (χ4v) is 2.07. The van der Waals surface area contributed by atoms with Crippen LogP contribution < -0.4 is 10.1 Å². The van der Waals surface area contributed by atoms with E-state index in [2.05, 4.69) is 23.3 Å². The lowest BCUT2D eigenvalue weighted by Gasteiger charge is -2.20. The number of aliphatic hydroxyl groups is 1. The molecule has 4 nitrogen and oxygen atoms in total. The normalized spacial score (nSPS) is 13.6. The van der Waals surface area contributed by atoms with Crippen LogP contribution >= 0.6 is 0 Å². The fourth-order valence-electron chi connectivity index (χ4n) is 2.07. The summed E-state index contributed by atoms with van der Waals surface area (Å²) in [5.41, 5.74) is 2.16. The Kier molecular flexibility index (Phi) is 6.37. The Labute approximate surface area is 132 Å². The van der Waals surface area contributed by atoms with E-state index >= 15 is 0 Å². The minimum atomic E-state index is 0.188. The molecule has 0 spiro atoms. The van der Waals surface area contributed by atoms with Gasteiger partial charge in [-0.15, -0.1) is 0 Å². The standard InChI is InChI=1S/C18H24N2O2/c1-14(12-21)15(2)20-11-17-7-3-4-8-18(17)22-13-16-6-5-9-19-10-16/h3-10,14-15,20-21H,11-13H2,1-2H3. The van der Waals surface area contributed by atoms with Gasteiger partial charge in [-0.25, -0.2) is 0 Å². The van der Waals surface area contributed by atoms with E-state index in [1.54, 1.807) is 6.20 Å². The lowest BCUT2D eigenvalue weighted by atomic mass is 10.0. The molecule has 2 atom stereocenters. The van der Waals surface area contributed by atoms with Crippen LogP contribution in [-0.2, 0) is 13.2 Å². The highest BCUT2D eigenvalue weighted by atomic mass is 16.5. The van der Waals surface area contributed by atoms with Gasteiger partial charge in [-0.1, -0.05) is 31.2 Å². The zero-order chi connectivity index (χ0) is 15.8. The van der Waals surface area contributed by atoms with Crippen LogP contribution in [0, 0.1) is 5.92 Å². The molecule has 1 aromatic carbocycles. The summed E-state index contributed by atoms with van der Waals surface area (Å²) in [7, 11) is 0. The Morgan fingerprint density at radius 1 is 1.18 bits per heavy atom. The quantitative estimate of drug-likeness (QED) is 0.787. The first-order valence-corrected chi connectivity index (χ1v) is 7.64. The molecule has 118 valence electrons. The molecule has 0 aliphatic rings. The number of hydrogen-bond acceptors (Lipinski definition) is 4. The summed E-state index contributed by atoms with van der Waals surface area (Å²) < 4.78 is 5.91. The maximum absolute atomic E-state index is 9.20. The van der Waals surface area contributed by atoms with Crippen LogP contribution in [0.15, 0.2) is 48.8 Å². The first-order valence-electron chi connectivity index (χ1n) is 7.64. The maximum atomic E-state index is 9.20. The van der Waals surface area contributed by atoms with Crippen LogP contribution in [0.3, 0.4) is 0 Å². The van der Waals surface area contributed by atoms with Gasteiger partial charge in [0.25, 0.3) is 0 Å². The molecule has 0 amide bonds. The summed E-state index contributed by atoms with van der Waals surface area (Å²) >= 11 is 0. The molecule has 0 saturated heterocycles. The maximum Gasteiger partial charge on any atom is 0.124 e. The van der Waals surface area contributed by atoms with Crippen LogP contribution in [0.25, 0.3) is 0 Å². The number of aliphatic hydroxyl groups excluding tert-OH is 1. The van der Waals surface area contributed by atoms with Gasteiger partial charge in [-0.2, -0.15) is 0 Å². The molecule has 0 radical (unpaired) electrons. The van der Waals surface area contributed by atoms with E-state index in [0.29, 0.717) is 13.2 Å². The summed E-state index contributed by atoms with van der Waals surface area (Å²) in [6.45, 7) is 5.53. The van der Waals surface area contributed by atoms with E-state index in [1.165, 1.54) is 0 Å². The third-order valence-electron chi connectivity index (χ3n) is 3.85. The van der Waals surface area contributed by atoms with Crippen LogP contribution in [0.5, 0.6) is 5.75 Å². The molecule has 2 unspecified atom stereocenters. The average Bonchev–Trinajstić information content (AvgIpc) is 2.58. The number of rotatable bonds is 8. The smallest absolute Gasteiger partial charge is 0.124 e. The first-order chi connectivity index (χ1) is 10.7. The minimum Gasteiger partial charge on any atom is -0.489 e. The van der Waals surface area contributed by atoms with Crippen molar-refractivity contribution >= 4 is 0 Å². The molecule has 2 rings (SSSR count). The SMILES string of the molecule is CC(CO)C(C)NCc1ccccc1OCc1cccnc1. The second kappa shape index (κ2) is 8.51. The number of hydrogen-bond donors (Lipinski definition) is 2. The van der Waals surface area contributed by atoms with Crippen molar-refractivity contribution in [2.75, 3.05) is 6.61 Å². The summed E-state index contributed by atoms with van der Waals surface area (Å²) in [4.78, 5) is 4.09. The minimum absolute atomic E-state index is 0.188. The summed E-state index contributed by atoms with van der Waals surface area (Å²) in [6.07, 6.45) is 3.57. The Balaban J connectivity index is 1.95. The molecule has 0 saturated carbocycles. The lowest BCUT2D eigenvalue weighted by molar-refractivity contribution is 0.206. The number of pyridine rings is 1. The van der Waals surface area contributed by atoms with E-state index in [1.807, 2.05) is 43.5 Å². The third kappa shape index (κ3) is 4.83. The predicted molar refractivity (Wildman–Crippen MR) is 87.6 cm³/mol. The van der Waals surface area contributed by atoms with E-state index < -0.39 is 0 Å². The zero-order valence-electron chi connectivity index (χ0n) is 13.2. The monoisotopic (exact) mass is 300 g/mol. The lowest BCUT2D eigenvalue weighted by Crippen LogP contribution is -2.33. The van der Waals surface area contributed by atoms with Crippen molar-refractivity contribution in [3.05, 3.63) is 59.9 Å². The van der Waals surface area contributed by atoms with Gasteiger partial charge >= 0.3 is 0 Å². The van der Waals surface area contributed by atoms with Crippen molar-refractivity contribution in [1.82, 2.24) is 10.3 Å². The van der Waals surface area contributed by atoms with Gasteiger partial charge in [0.05, 0.1) is 0 Å². The van der Waals surface area contributed by atoms with Crippen molar-refractivity contribution in [1.29, 1.82) is 0 Å². The summed E-state index contributed by atoms with van der Waals surface area (Å²) in [6, 6.07) is 12.2.